The summed E-state index contributed by atoms with van der Waals surface area (Å²) in [5.41, 5.74) is 0.677. The number of carbonyl (C=O) groups is 2. The zero-order valence-corrected chi connectivity index (χ0v) is 26.3. The Bertz CT molecular complexity index is 1600. The predicted molar refractivity (Wildman–Crippen MR) is 160 cm³/mol. The van der Waals surface area contributed by atoms with E-state index >= 15 is 0 Å². The third-order valence-corrected chi connectivity index (χ3v) is 8.69. The molecule has 1 unspecified atom stereocenters. The lowest BCUT2D eigenvalue weighted by atomic mass is 10.1. The molecule has 0 fully saturated rings. The molecule has 0 spiro atoms. The van der Waals surface area contributed by atoms with Crippen molar-refractivity contribution in [1.82, 2.24) is 10.0 Å². The van der Waals surface area contributed by atoms with Gasteiger partial charge in [0.2, 0.25) is 15.9 Å². The number of methoxy groups -OCH3 is 2. The van der Waals surface area contributed by atoms with Gasteiger partial charge in [-0.05, 0) is 49.6 Å². The van der Waals surface area contributed by atoms with Crippen LogP contribution in [0.3, 0.4) is 0 Å². The summed E-state index contributed by atoms with van der Waals surface area (Å²) in [6, 6.07) is 14.2. The van der Waals surface area contributed by atoms with E-state index in [1.165, 1.54) is 69.7 Å². The van der Waals surface area contributed by atoms with Gasteiger partial charge in [-0.25, -0.2) is 13.0 Å². The monoisotopic (exact) mass is 670 g/mol. The Morgan fingerprint density at radius 2 is 1.56 bits per heavy atom. The fourth-order valence-electron chi connectivity index (χ4n) is 4.07. The third kappa shape index (κ3) is 9.98. The molecule has 2 atom stereocenters. The number of hydrogen-bond acceptors (Lipinski definition) is 9. The van der Waals surface area contributed by atoms with Gasteiger partial charge in [0.1, 0.15) is 34.6 Å². The molecule has 16 heteroatoms. The second kappa shape index (κ2) is 15.8. The Kier molecular flexibility index (Phi) is 12.4. The van der Waals surface area contributed by atoms with E-state index in [0.29, 0.717) is 17.7 Å². The van der Waals surface area contributed by atoms with Crippen molar-refractivity contribution in [2.24, 2.45) is 0 Å². The molecule has 0 aliphatic rings. The Hall–Kier alpha value is -4.04. The first-order valence-corrected chi connectivity index (χ1v) is 16.5. The SMILES string of the molecule is COc1cc(OCCCNC(=O)[C@H](Cc2ccc(OP(=O)(O)C(F)F)cc2)NS(=O)(=O)c2ccccc2)cc(OC)c1C(C)=O. The molecule has 0 aliphatic carbocycles. The van der Waals surface area contributed by atoms with Gasteiger partial charge >= 0.3 is 13.8 Å². The minimum atomic E-state index is -5.19. The van der Waals surface area contributed by atoms with Gasteiger partial charge < -0.3 is 28.9 Å². The van der Waals surface area contributed by atoms with E-state index in [1.54, 1.807) is 6.07 Å². The fraction of sp³-hybridized carbons (Fsp3) is 0.310. The molecule has 0 heterocycles. The number of ether oxygens (including phenoxy) is 3. The van der Waals surface area contributed by atoms with E-state index in [9.17, 15) is 36.2 Å². The molecule has 3 N–H and O–H groups in total. The first-order valence-electron chi connectivity index (χ1n) is 13.4. The molecule has 0 saturated carbocycles. The number of ketones is 1. The van der Waals surface area contributed by atoms with Crippen LogP contribution < -0.4 is 28.8 Å². The van der Waals surface area contributed by atoms with Crippen LogP contribution in [0.25, 0.3) is 0 Å². The topological polar surface area (TPSA) is 167 Å². The molecule has 0 aromatic heterocycles. The van der Waals surface area contributed by atoms with Gasteiger partial charge in [0.25, 0.3) is 0 Å². The van der Waals surface area contributed by atoms with Crippen LogP contribution in [0.1, 0.15) is 29.3 Å². The summed E-state index contributed by atoms with van der Waals surface area (Å²) in [7, 11) is -6.49. The first kappa shape index (κ1) is 35.4. The van der Waals surface area contributed by atoms with Crippen molar-refractivity contribution >= 4 is 29.3 Å². The van der Waals surface area contributed by atoms with Gasteiger partial charge in [-0.15, -0.1) is 0 Å². The molecule has 0 radical (unpaired) electrons. The molecular weight excluding hydrogens is 637 g/mol. The van der Waals surface area contributed by atoms with Crippen molar-refractivity contribution in [1.29, 1.82) is 0 Å². The highest BCUT2D eigenvalue weighted by molar-refractivity contribution is 7.89. The Labute approximate surface area is 259 Å². The number of benzene rings is 3. The van der Waals surface area contributed by atoms with E-state index in [0.717, 1.165) is 12.1 Å². The van der Waals surface area contributed by atoms with Crippen LogP contribution in [-0.2, 0) is 25.8 Å². The van der Waals surface area contributed by atoms with Crippen molar-refractivity contribution in [3.05, 3.63) is 77.9 Å². The lowest BCUT2D eigenvalue weighted by molar-refractivity contribution is -0.122. The molecule has 3 aromatic rings. The van der Waals surface area contributed by atoms with E-state index in [1.807, 2.05) is 0 Å². The Balaban J connectivity index is 1.67. The van der Waals surface area contributed by atoms with Gasteiger partial charge in [0, 0.05) is 18.7 Å². The van der Waals surface area contributed by atoms with Crippen molar-refractivity contribution in [2.75, 3.05) is 27.4 Å². The number of rotatable bonds is 17. The summed E-state index contributed by atoms with van der Waals surface area (Å²) < 4.78 is 86.1. The van der Waals surface area contributed by atoms with Gasteiger partial charge in [0.15, 0.2) is 5.78 Å². The van der Waals surface area contributed by atoms with Gasteiger partial charge in [-0.3, -0.25) is 9.59 Å². The van der Waals surface area contributed by atoms with E-state index in [-0.39, 0.29) is 53.1 Å². The molecule has 1 amide bonds. The highest BCUT2D eigenvalue weighted by Gasteiger charge is 2.34. The molecule has 0 bridgehead atoms. The average Bonchev–Trinajstić information content (AvgIpc) is 3.00. The number of sulfonamides is 1. The number of hydrogen-bond donors (Lipinski definition) is 3. The number of halogens is 2. The van der Waals surface area contributed by atoms with Gasteiger partial charge in [-0.1, -0.05) is 30.3 Å². The normalized spacial score (nSPS) is 13.4. The Morgan fingerprint density at radius 3 is 2.09 bits per heavy atom. The molecule has 3 aromatic carbocycles. The number of carbonyl (C=O) groups excluding carboxylic acids is 2. The summed E-state index contributed by atoms with van der Waals surface area (Å²) >= 11 is 0. The first-order chi connectivity index (χ1) is 21.3. The maximum Gasteiger partial charge on any atom is 0.442 e. The number of nitrogens with one attached hydrogen (secondary N) is 2. The number of alkyl halides is 2. The highest BCUT2D eigenvalue weighted by atomic mass is 32.2. The van der Waals surface area contributed by atoms with Crippen molar-refractivity contribution in [3.8, 4) is 23.0 Å². The summed E-state index contributed by atoms with van der Waals surface area (Å²) in [5, 5.41) is 2.67. The number of Topliss-reactive ketones (excluding diaryl/α,β-unsaturated/α-hetero) is 1. The fourth-order valence-corrected chi connectivity index (χ4v) is 5.79. The lowest BCUT2D eigenvalue weighted by Gasteiger charge is -2.19. The Morgan fingerprint density at radius 1 is 0.956 bits per heavy atom. The van der Waals surface area contributed by atoms with Crippen LogP contribution in [0.2, 0.25) is 0 Å². The van der Waals surface area contributed by atoms with Gasteiger partial charge in [-0.2, -0.15) is 13.5 Å². The van der Waals surface area contributed by atoms with Crippen LogP contribution in [0.5, 0.6) is 23.0 Å². The minimum Gasteiger partial charge on any atom is -0.496 e. The zero-order chi connectivity index (χ0) is 33.2. The molecule has 244 valence electrons. The summed E-state index contributed by atoms with van der Waals surface area (Å²) in [6.45, 7) is 1.63. The lowest BCUT2D eigenvalue weighted by Crippen LogP contribution is -2.48. The van der Waals surface area contributed by atoms with E-state index in [4.69, 9.17) is 14.2 Å². The molecule has 0 aliphatic heterocycles. The molecular formula is C29H33F2N2O10PS. The second-order valence-electron chi connectivity index (χ2n) is 9.52. The van der Waals surface area contributed by atoms with Crippen molar-refractivity contribution < 1.29 is 55.0 Å². The largest absolute Gasteiger partial charge is 0.496 e. The van der Waals surface area contributed by atoms with Crippen LogP contribution in [0, 0.1) is 0 Å². The third-order valence-electron chi connectivity index (χ3n) is 6.23. The smallest absolute Gasteiger partial charge is 0.442 e. The molecule has 45 heavy (non-hydrogen) atoms. The summed E-state index contributed by atoms with van der Waals surface area (Å²) in [4.78, 5) is 34.3. The summed E-state index contributed by atoms with van der Waals surface area (Å²) in [6.07, 6.45) is -3.43. The van der Waals surface area contributed by atoms with Crippen molar-refractivity contribution in [3.63, 3.8) is 0 Å². The quantitative estimate of drug-likeness (QED) is 0.108. The molecule has 3 rings (SSSR count). The van der Waals surface area contributed by atoms with Crippen molar-refractivity contribution in [2.45, 2.75) is 36.9 Å². The molecule has 0 saturated heterocycles. The number of amides is 1. The van der Waals surface area contributed by atoms with Crippen LogP contribution in [-0.4, -0.2) is 64.6 Å². The van der Waals surface area contributed by atoms with Gasteiger partial charge in [0.05, 0.1) is 25.7 Å². The highest BCUT2D eigenvalue weighted by Crippen LogP contribution is 2.48. The van der Waals surface area contributed by atoms with E-state index in [2.05, 4.69) is 14.6 Å². The zero-order valence-electron chi connectivity index (χ0n) is 24.6. The van der Waals surface area contributed by atoms with Crippen LogP contribution in [0.4, 0.5) is 8.78 Å². The molecule has 12 nitrogen and oxygen atoms in total. The van der Waals surface area contributed by atoms with Crippen LogP contribution >= 0.6 is 7.60 Å². The second-order valence-corrected chi connectivity index (χ2v) is 12.9. The minimum absolute atomic E-state index is 0.0627. The average molecular weight is 671 g/mol. The maximum atomic E-state index is 13.2. The van der Waals surface area contributed by atoms with Crippen LogP contribution in [0.15, 0.2) is 71.6 Å². The maximum absolute atomic E-state index is 13.2. The summed E-state index contributed by atoms with van der Waals surface area (Å²) in [5.74, 6) is -0.284. The predicted octanol–water partition coefficient (Wildman–Crippen LogP) is 4.17. The van der Waals surface area contributed by atoms with E-state index < -0.39 is 35.7 Å². The standard InChI is InChI=1S/C29H33F2N2O10PS/c1-19(34)27-25(40-2)17-22(18-26(27)41-3)42-15-7-14-32-28(35)24(33-45(38,39)23-8-5-4-6-9-23)16-20-10-12-21(13-11-20)43-44(36,37)29(30)31/h4-6,8-13,17-18,24,29,33H,7,14-16H2,1-3H3,(H,32,35)(H,36,37)/t24-/m0/s1.